The summed E-state index contributed by atoms with van der Waals surface area (Å²) in [6.45, 7) is -0.511. The molecule has 0 aromatic heterocycles. The van der Waals surface area contributed by atoms with Gasteiger partial charge < -0.3 is 10.1 Å². The Morgan fingerprint density at radius 3 is 2.68 bits per heavy atom. The van der Waals surface area contributed by atoms with Crippen molar-refractivity contribution < 1.29 is 23.9 Å². The van der Waals surface area contributed by atoms with Crippen LogP contribution in [0.4, 0.5) is 4.79 Å². The van der Waals surface area contributed by atoms with Crippen molar-refractivity contribution in [3.63, 3.8) is 0 Å². The van der Waals surface area contributed by atoms with Gasteiger partial charge in [0.15, 0.2) is 6.61 Å². The van der Waals surface area contributed by atoms with Gasteiger partial charge in [-0.05, 0) is 32.1 Å². The molecule has 136 valence electrons. The quantitative estimate of drug-likeness (QED) is 0.450. The zero-order chi connectivity index (χ0) is 17.9. The topological polar surface area (TPSA) is 105 Å². The van der Waals surface area contributed by atoms with Gasteiger partial charge in [0.25, 0.3) is 11.8 Å². The summed E-state index contributed by atoms with van der Waals surface area (Å²) in [7, 11) is 0. The molecule has 1 saturated heterocycles. The van der Waals surface area contributed by atoms with Gasteiger partial charge in [0, 0.05) is 0 Å². The highest BCUT2D eigenvalue weighted by atomic mass is 16.5. The highest BCUT2D eigenvalue weighted by Crippen LogP contribution is 2.32. The van der Waals surface area contributed by atoms with E-state index < -0.39 is 36.0 Å². The molecular formula is C17H23N3O5. The number of hydrogen-bond acceptors (Lipinski definition) is 5. The molecule has 2 fully saturated rings. The second-order valence-electron chi connectivity index (χ2n) is 6.84. The number of imide groups is 1. The lowest BCUT2D eigenvalue weighted by molar-refractivity contribution is -0.154. The Morgan fingerprint density at radius 1 is 1.24 bits per heavy atom. The molecule has 2 aliphatic carbocycles. The molecule has 1 spiro atoms. The fourth-order valence-corrected chi connectivity index (χ4v) is 3.64. The van der Waals surface area contributed by atoms with Crippen LogP contribution in [0.1, 0.15) is 51.4 Å². The maximum absolute atomic E-state index is 12.5. The first-order valence-electron chi connectivity index (χ1n) is 8.80. The van der Waals surface area contributed by atoms with E-state index in [0.717, 1.165) is 25.7 Å². The summed E-state index contributed by atoms with van der Waals surface area (Å²) in [5.74, 6) is -1.80. The van der Waals surface area contributed by atoms with Gasteiger partial charge in [0.2, 0.25) is 0 Å². The second kappa shape index (κ2) is 7.25. The molecule has 0 radical (unpaired) electrons. The number of nitrogens with one attached hydrogen (secondary N) is 2. The number of hydrogen-bond donors (Lipinski definition) is 2. The van der Waals surface area contributed by atoms with Crippen LogP contribution in [0.15, 0.2) is 12.2 Å². The number of allylic oxidation sites excluding steroid dienone is 2. The Hall–Kier alpha value is -2.38. The summed E-state index contributed by atoms with van der Waals surface area (Å²) in [6, 6.07) is -0.635. The van der Waals surface area contributed by atoms with E-state index in [9.17, 15) is 19.2 Å². The summed E-state index contributed by atoms with van der Waals surface area (Å²) in [5, 5.41) is 3.41. The number of rotatable bonds is 4. The van der Waals surface area contributed by atoms with Crippen LogP contribution >= 0.6 is 0 Å². The normalized spacial score (nSPS) is 25.0. The monoisotopic (exact) mass is 349 g/mol. The number of amides is 4. The molecular weight excluding hydrogens is 326 g/mol. The van der Waals surface area contributed by atoms with Crippen molar-refractivity contribution in [2.75, 3.05) is 6.61 Å². The summed E-state index contributed by atoms with van der Waals surface area (Å²) in [5.41, 5.74) is 1.35. The van der Waals surface area contributed by atoms with Crippen LogP contribution in [-0.2, 0) is 19.1 Å². The Labute approximate surface area is 145 Å². The van der Waals surface area contributed by atoms with E-state index in [2.05, 4.69) is 10.7 Å². The number of urea groups is 1. The third-order valence-corrected chi connectivity index (χ3v) is 5.05. The Bertz CT molecular complexity index is 609. The lowest BCUT2D eigenvalue weighted by atomic mass is 9.82. The van der Waals surface area contributed by atoms with Crippen molar-refractivity contribution >= 4 is 23.8 Å². The Kier molecular flexibility index (Phi) is 5.06. The number of nitrogens with zero attached hydrogens (tertiary/aromatic N) is 1. The van der Waals surface area contributed by atoms with Gasteiger partial charge in [-0.3, -0.25) is 19.8 Å². The van der Waals surface area contributed by atoms with Gasteiger partial charge in [-0.15, -0.1) is 0 Å². The average molecular weight is 349 g/mol. The van der Waals surface area contributed by atoms with Crippen LogP contribution in [0.2, 0.25) is 0 Å². The lowest BCUT2D eigenvalue weighted by Crippen LogP contribution is -2.51. The molecule has 0 aromatic carbocycles. The maximum Gasteiger partial charge on any atom is 0.344 e. The molecule has 1 saturated carbocycles. The smallest absolute Gasteiger partial charge is 0.344 e. The number of carbonyl (C=O) groups is 4. The summed E-state index contributed by atoms with van der Waals surface area (Å²) >= 11 is 0. The third-order valence-electron chi connectivity index (χ3n) is 5.05. The minimum Gasteiger partial charge on any atom is -0.455 e. The van der Waals surface area contributed by atoms with Crippen LogP contribution in [0.3, 0.4) is 0 Å². The molecule has 1 heterocycles. The van der Waals surface area contributed by atoms with Crippen LogP contribution in [0.25, 0.3) is 0 Å². The Balaban J connectivity index is 1.50. The molecule has 3 aliphatic rings. The predicted octanol–water partition coefficient (Wildman–Crippen LogP) is 1.17. The molecule has 0 unspecified atom stereocenters. The van der Waals surface area contributed by atoms with Crippen molar-refractivity contribution in [1.82, 2.24) is 15.8 Å². The van der Waals surface area contributed by atoms with Crippen LogP contribution < -0.4 is 10.7 Å². The van der Waals surface area contributed by atoms with E-state index in [1.54, 1.807) is 0 Å². The van der Waals surface area contributed by atoms with E-state index in [-0.39, 0.29) is 5.92 Å². The van der Waals surface area contributed by atoms with Crippen molar-refractivity contribution in [2.24, 2.45) is 5.92 Å². The van der Waals surface area contributed by atoms with Crippen LogP contribution in [0, 0.1) is 5.92 Å². The van der Waals surface area contributed by atoms with Gasteiger partial charge in [0.1, 0.15) is 5.54 Å². The summed E-state index contributed by atoms with van der Waals surface area (Å²) < 4.78 is 5.01. The van der Waals surface area contributed by atoms with Crippen LogP contribution in [0.5, 0.6) is 0 Å². The number of hydrazine groups is 1. The van der Waals surface area contributed by atoms with Crippen molar-refractivity contribution in [3.8, 4) is 0 Å². The molecule has 0 aromatic rings. The standard InChI is InChI=1S/C17H23N3O5/c21-13(11-25-14(22)12-7-3-1-4-8-12)19-20-15(23)17(18-16(20)24)9-5-2-6-10-17/h1,3,12H,2,4-11H2,(H,18,24)(H,19,21)/t12-/m1/s1. The molecule has 2 N–H and O–H groups in total. The van der Waals surface area contributed by atoms with Gasteiger partial charge in [0.05, 0.1) is 5.92 Å². The first-order valence-corrected chi connectivity index (χ1v) is 8.80. The Morgan fingerprint density at radius 2 is 2.00 bits per heavy atom. The second-order valence-corrected chi connectivity index (χ2v) is 6.84. The fourth-order valence-electron chi connectivity index (χ4n) is 3.64. The van der Waals surface area contributed by atoms with E-state index >= 15 is 0 Å². The third kappa shape index (κ3) is 3.67. The largest absolute Gasteiger partial charge is 0.455 e. The lowest BCUT2D eigenvalue weighted by Gasteiger charge is -2.30. The van der Waals surface area contributed by atoms with Gasteiger partial charge in [-0.25, -0.2) is 4.79 Å². The summed E-state index contributed by atoms with van der Waals surface area (Å²) in [4.78, 5) is 48.5. The van der Waals surface area contributed by atoms with Crippen molar-refractivity contribution in [3.05, 3.63) is 12.2 Å². The molecule has 3 rings (SSSR count). The van der Waals surface area contributed by atoms with Crippen molar-refractivity contribution in [1.29, 1.82) is 0 Å². The molecule has 0 bridgehead atoms. The highest BCUT2D eigenvalue weighted by Gasteiger charge is 2.52. The highest BCUT2D eigenvalue weighted by molar-refractivity contribution is 6.08. The zero-order valence-corrected chi connectivity index (χ0v) is 14.1. The van der Waals surface area contributed by atoms with Crippen molar-refractivity contribution in [2.45, 2.75) is 56.9 Å². The van der Waals surface area contributed by atoms with Gasteiger partial charge >= 0.3 is 12.0 Å². The minimum atomic E-state index is -0.895. The van der Waals surface area contributed by atoms with Crippen LogP contribution in [-0.4, -0.2) is 41.0 Å². The molecule has 4 amide bonds. The number of carbonyl (C=O) groups excluding carboxylic acids is 4. The average Bonchev–Trinajstić information content (AvgIpc) is 2.85. The van der Waals surface area contributed by atoms with E-state index in [0.29, 0.717) is 30.7 Å². The fraction of sp³-hybridized carbons (Fsp3) is 0.647. The maximum atomic E-state index is 12.5. The SMILES string of the molecule is O=C(COC(=O)[C@@H]1CC=CCC1)NN1C(=O)NC2(CCCCC2)C1=O. The summed E-state index contributed by atoms with van der Waals surface area (Å²) in [6.07, 6.45) is 9.97. The molecule has 1 atom stereocenters. The molecule has 1 aliphatic heterocycles. The minimum absolute atomic E-state index is 0.236. The van der Waals surface area contributed by atoms with E-state index in [1.807, 2.05) is 12.2 Å². The number of esters is 1. The number of ether oxygens (including phenoxy) is 1. The first-order chi connectivity index (χ1) is 12.0. The zero-order valence-electron chi connectivity index (χ0n) is 14.1. The van der Waals surface area contributed by atoms with Gasteiger partial charge in [-0.2, -0.15) is 5.01 Å². The van der Waals surface area contributed by atoms with Gasteiger partial charge in [-0.1, -0.05) is 31.4 Å². The van der Waals surface area contributed by atoms with E-state index in [4.69, 9.17) is 4.74 Å². The molecule has 8 heteroatoms. The first kappa shape index (κ1) is 17.4. The predicted molar refractivity (Wildman–Crippen MR) is 86.8 cm³/mol. The molecule has 25 heavy (non-hydrogen) atoms. The van der Waals surface area contributed by atoms with E-state index in [1.165, 1.54) is 0 Å². The molecule has 8 nitrogen and oxygen atoms in total.